The van der Waals surface area contributed by atoms with E-state index in [1.807, 2.05) is 4.90 Å². The lowest BCUT2D eigenvalue weighted by atomic mass is 10.1. The summed E-state index contributed by atoms with van der Waals surface area (Å²) in [6, 6.07) is 0. The van der Waals surface area contributed by atoms with Crippen LogP contribution in [-0.2, 0) is 11.8 Å². The molecule has 0 bridgehead atoms. The van der Waals surface area contributed by atoms with Crippen LogP contribution in [0.15, 0.2) is 11.0 Å². The van der Waals surface area contributed by atoms with E-state index < -0.39 is 22.8 Å². The zero-order valence-electron chi connectivity index (χ0n) is 13.2. The summed E-state index contributed by atoms with van der Waals surface area (Å²) in [7, 11) is 1.47. The minimum absolute atomic E-state index is 0.205. The lowest BCUT2D eigenvalue weighted by Crippen LogP contribution is -2.33. The van der Waals surface area contributed by atoms with Crippen molar-refractivity contribution in [3.8, 4) is 5.75 Å². The fourth-order valence-electron chi connectivity index (χ4n) is 2.78. The van der Waals surface area contributed by atoms with Gasteiger partial charge in [0.1, 0.15) is 17.6 Å². The van der Waals surface area contributed by atoms with Crippen LogP contribution in [0.1, 0.15) is 23.2 Å². The van der Waals surface area contributed by atoms with E-state index in [4.69, 9.17) is 0 Å². The van der Waals surface area contributed by atoms with Crippen molar-refractivity contribution in [2.45, 2.75) is 12.8 Å². The van der Waals surface area contributed by atoms with E-state index in [9.17, 15) is 19.5 Å². The predicted octanol–water partition coefficient (Wildman–Crippen LogP) is -0.437. The summed E-state index contributed by atoms with van der Waals surface area (Å²) in [6.45, 7) is 1.44. The minimum Gasteiger partial charge on any atom is -0.506 e. The molecule has 2 N–H and O–H groups in total. The molecule has 0 unspecified atom stereocenters. The number of aromatic hydroxyl groups is 1. The maximum absolute atomic E-state index is 12.4. The SMILES string of the molecule is Cn1c(=O)c(C(=O)NCC=O)c(O)c2cnc(N3CCCC3)nc21. The number of nitrogens with one attached hydrogen (secondary N) is 1. The normalized spacial score (nSPS) is 14.1. The number of aryl methyl sites for hydroxylation is 1. The fourth-order valence-corrected chi connectivity index (χ4v) is 2.78. The van der Waals surface area contributed by atoms with Gasteiger partial charge in [-0.1, -0.05) is 0 Å². The first-order valence-corrected chi connectivity index (χ1v) is 7.60. The summed E-state index contributed by atoms with van der Waals surface area (Å²) in [4.78, 5) is 45.4. The molecule has 1 amide bonds. The van der Waals surface area contributed by atoms with Crippen molar-refractivity contribution in [3.63, 3.8) is 0 Å². The zero-order chi connectivity index (χ0) is 17.3. The number of aromatic nitrogens is 3. The highest BCUT2D eigenvalue weighted by molar-refractivity contribution is 6.02. The van der Waals surface area contributed by atoms with E-state index in [0.717, 1.165) is 25.9 Å². The predicted molar refractivity (Wildman–Crippen MR) is 86.3 cm³/mol. The van der Waals surface area contributed by atoms with Crippen LogP contribution in [0.2, 0.25) is 0 Å². The van der Waals surface area contributed by atoms with Gasteiger partial charge in [0.2, 0.25) is 5.95 Å². The van der Waals surface area contributed by atoms with Gasteiger partial charge >= 0.3 is 0 Å². The average Bonchev–Trinajstić information content (AvgIpc) is 3.12. The van der Waals surface area contributed by atoms with E-state index in [1.165, 1.54) is 17.8 Å². The van der Waals surface area contributed by atoms with Gasteiger partial charge in [0, 0.05) is 26.3 Å². The third-order valence-corrected chi connectivity index (χ3v) is 4.05. The standard InChI is InChI=1S/C15H17N5O4/c1-19-12-9(8-17-15(18-12)20-5-2-3-6-20)11(22)10(14(19)24)13(23)16-4-7-21/h7-8,22H,2-6H2,1H3,(H,16,23). The van der Waals surface area contributed by atoms with Crippen LogP contribution in [0.3, 0.4) is 0 Å². The topological polar surface area (TPSA) is 117 Å². The van der Waals surface area contributed by atoms with Crippen LogP contribution in [0.5, 0.6) is 5.75 Å². The summed E-state index contributed by atoms with van der Waals surface area (Å²) in [5.41, 5.74) is -0.861. The van der Waals surface area contributed by atoms with Crippen LogP contribution in [0.25, 0.3) is 11.0 Å². The number of fused-ring (bicyclic) bond motifs is 1. The molecule has 24 heavy (non-hydrogen) atoms. The first-order valence-electron chi connectivity index (χ1n) is 7.60. The van der Waals surface area contributed by atoms with Crippen molar-refractivity contribution < 1.29 is 14.7 Å². The summed E-state index contributed by atoms with van der Waals surface area (Å²) in [6.07, 6.45) is 4.01. The number of hydrogen-bond acceptors (Lipinski definition) is 7. The molecule has 0 atom stereocenters. The monoisotopic (exact) mass is 331 g/mol. The van der Waals surface area contributed by atoms with Crippen molar-refractivity contribution in [1.82, 2.24) is 19.9 Å². The van der Waals surface area contributed by atoms with Gasteiger partial charge in [-0.2, -0.15) is 4.98 Å². The van der Waals surface area contributed by atoms with E-state index in [-0.39, 0.29) is 17.6 Å². The maximum Gasteiger partial charge on any atom is 0.268 e. The summed E-state index contributed by atoms with van der Waals surface area (Å²) in [5.74, 6) is -0.803. The maximum atomic E-state index is 12.4. The molecule has 1 saturated heterocycles. The highest BCUT2D eigenvalue weighted by Gasteiger charge is 2.23. The number of aldehydes is 1. The molecule has 1 aliphatic rings. The summed E-state index contributed by atoms with van der Waals surface area (Å²) in [5, 5.41) is 12.8. The second-order valence-corrected chi connectivity index (χ2v) is 5.57. The van der Waals surface area contributed by atoms with E-state index in [2.05, 4.69) is 15.3 Å². The Morgan fingerprint density at radius 3 is 2.79 bits per heavy atom. The van der Waals surface area contributed by atoms with Crippen LogP contribution in [-0.4, -0.2) is 51.5 Å². The Bertz CT molecular complexity index is 870. The number of nitrogens with zero attached hydrogens (tertiary/aromatic N) is 4. The van der Waals surface area contributed by atoms with Gasteiger partial charge < -0.3 is 20.1 Å². The van der Waals surface area contributed by atoms with Gasteiger partial charge in [-0.05, 0) is 12.8 Å². The minimum atomic E-state index is -0.814. The summed E-state index contributed by atoms with van der Waals surface area (Å²) < 4.78 is 1.20. The molecular weight excluding hydrogens is 314 g/mol. The van der Waals surface area contributed by atoms with Gasteiger partial charge in [0.25, 0.3) is 11.5 Å². The number of carbonyl (C=O) groups excluding carboxylic acids is 2. The molecule has 3 rings (SSSR count). The number of rotatable bonds is 4. The zero-order valence-corrected chi connectivity index (χ0v) is 13.2. The van der Waals surface area contributed by atoms with E-state index in [0.29, 0.717) is 12.2 Å². The number of hydrogen-bond donors (Lipinski definition) is 2. The van der Waals surface area contributed by atoms with Gasteiger partial charge in [0.15, 0.2) is 5.65 Å². The van der Waals surface area contributed by atoms with Crippen LogP contribution >= 0.6 is 0 Å². The molecule has 2 aromatic heterocycles. The Morgan fingerprint density at radius 1 is 1.42 bits per heavy atom. The number of amides is 1. The Balaban J connectivity index is 2.14. The van der Waals surface area contributed by atoms with E-state index >= 15 is 0 Å². The third-order valence-electron chi connectivity index (χ3n) is 4.05. The fraction of sp³-hybridized carbons (Fsp3) is 0.400. The van der Waals surface area contributed by atoms with Gasteiger partial charge in [-0.15, -0.1) is 0 Å². The van der Waals surface area contributed by atoms with Crippen molar-refractivity contribution >= 4 is 29.2 Å². The van der Waals surface area contributed by atoms with Crippen molar-refractivity contribution in [2.24, 2.45) is 7.05 Å². The molecule has 1 fully saturated rings. The number of carbonyl (C=O) groups is 2. The average molecular weight is 331 g/mol. The van der Waals surface area contributed by atoms with Crippen molar-refractivity contribution in [1.29, 1.82) is 0 Å². The smallest absolute Gasteiger partial charge is 0.268 e. The number of pyridine rings is 1. The number of anilines is 1. The molecule has 0 spiro atoms. The lowest BCUT2D eigenvalue weighted by molar-refractivity contribution is -0.107. The Hall–Kier alpha value is -2.97. The molecule has 9 heteroatoms. The summed E-state index contributed by atoms with van der Waals surface area (Å²) >= 11 is 0. The lowest BCUT2D eigenvalue weighted by Gasteiger charge is -2.16. The molecule has 2 aromatic rings. The molecule has 0 radical (unpaired) electrons. The third kappa shape index (κ3) is 2.57. The second kappa shape index (κ2) is 6.26. The van der Waals surface area contributed by atoms with Gasteiger partial charge in [-0.3, -0.25) is 14.2 Å². The molecule has 0 aromatic carbocycles. The highest BCUT2D eigenvalue weighted by atomic mass is 16.3. The highest BCUT2D eigenvalue weighted by Crippen LogP contribution is 2.26. The Kier molecular flexibility index (Phi) is 4.15. The molecular formula is C15H17N5O4. The first kappa shape index (κ1) is 15.9. The molecule has 0 saturated carbocycles. The van der Waals surface area contributed by atoms with Gasteiger partial charge in [0.05, 0.1) is 11.9 Å². The largest absolute Gasteiger partial charge is 0.506 e. The molecule has 126 valence electrons. The molecule has 9 nitrogen and oxygen atoms in total. The Morgan fingerprint density at radius 2 is 2.12 bits per heavy atom. The first-order chi connectivity index (χ1) is 11.5. The quantitative estimate of drug-likeness (QED) is 0.729. The van der Waals surface area contributed by atoms with Crippen LogP contribution < -0.4 is 15.8 Å². The molecule has 1 aliphatic heterocycles. The van der Waals surface area contributed by atoms with Crippen molar-refractivity contribution in [3.05, 3.63) is 22.1 Å². The van der Waals surface area contributed by atoms with Crippen LogP contribution in [0, 0.1) is 0 Å². The van der Waals surface area contributed by atoms with Crippen LogP contribution in [0.4, 0.5) is 5.95 Å². The van der Waals surface area contributed by atoms with Crippen molar-refractivity contribution in [2.75, 3.05) is 24.5 Å². The van der Waals surface area contributed by atoms with E-state index in [1.54, 1.807) is 0 Å². The van der Waals surface area contributed by atoms with Gasteiger partial charge in [-0.25, -0.2) is 4.98 Å². The Labute approximate surface area is 136 Å². The molecule has 3 heterocycles. The second-order valence-electron chi connectivity index (χ2n) is 5.57. The molecule has 0 aliphatic carbocycles.